The molecule has 2 aromatic carbocycles. The third-order valence-electron chi connectivity index (χ3n) is 3.91. The third-order valence-corrected chi connectivity index (χ3v) is 6.76. The Morgan fingerprint density at radius 3 is 1.27 bits per heavy atom. The van der Waals surface area contributed by atoms with Crippen molar-refractivity contribution >= 4 is 63.1 Å². The van der Waals surface area contributed by atoms with Gasteiger partial charge >= 0.3 is 0 Å². The van der Waals surface area contributed by atoms with Gasteiger partial charge < -0.3 is 19.7 Å². The highest BCUT2D eigenvalue weighted by molar-refractivity contribution is 8.30. The molecule has 0 heterocycles. The Bertz CT molecular complexity index is 1020. The van der Waals surface area contributed by atoms with Crippen molar-refractivity contribution in [1.29, 1.82) is 0 Å². The number of carbonyl (C=O) groups is 2. The maximum absolute atomic E-state index is 11.9. The van der Waals surface area contributed by atoms with Crippen LogP contribution >= 0.6 is 0 Å². The van der Waals surface area contributed by atoms with Gasteiger partial charge in [0.1, 0.15) is 0 Å². The Kier molecular flexibility index (Phi) is 8.41. The van der Waals surface area contributed by atoms with Gasteiger partial charge in [-0.15, -0.1) is 0 Å². The summed E-state index contributed by atoms with van der Waals surface area (Å²) in [4.78, 5) is 23.8. The SMILES string of the molecule is O=C(CCCCC(=O)Nc1ccc(S(=O)([O-])=S)cc1)Nc1ccc(S(=O)([O-])=S)cc1. The Morgan fingerprint density at radius 2 is 1.00 bits per heavy atom. The van der Waals surface area contributed by atoms with Gasteiger partial charge in [0.25, 0.3) is 0 Å². The summed E-state index contributed by atoms with van der Waals surface area (Å²) in [5.41, 5.74) is 0.898. The molecule has 0 aliphatic heterocycles. The number of unbranched alkanes of at least 4 members (excludes halogenated alkanes) is 1. The summed E-state index contributed by atoms with van der Waals surface area (Å²) in [6.45, 7) is 0. The minimum Gasteiger partial charge on any atom is -0.766 e. The van der Waals surface area contributed by atoms with E-state index in [9.17, 15) is 27.1 Å². The van der Waals surface area contributed by atoms with Gasteiger partial charge in [0, 0.05) is 34.0 Å². The summed E-state index contributed by atoms with van der Waals surface area (Å²) in [6.07, 6.45) is 1.34. The van der Waals surface area contributed by atoms with Crippen molar-refractivity contribution in [2.24, 2.45) is 0 Å². The quantitative estimate of drug-likeness (QED) is 0.515. The molecule has 30 heavy (non-hydrogen) atoms. The molecule has 12 heteroatoms. The van der Waals surface area contributed by atoms with Crippen LogP contribution in [0.15, 0.2) is 58.3 Å². The largest absolute Gasteiger partial charge is 0.766 e. The molecule has 2 unspecified atom stereocenters. The van der Waals surface area contributed by atoms with Crippen LogP contribution in [0.4, 0.5) is 11.4 Å². The lowest BCUT2D eigenvalue weighted by Gasteiger charge is -2.12. The van der Waals surface area contributed by atoms with E-state index in [2.05, 4.69) is 33.0 Å². The molecule has 0 aliphatic rings. The second-order valence-corrected chi connectivity index (χ2v) is 11.7. The zero-order valence-corrected chi connectivity index (χ0v) is 18.8. The molecular formula is C18H18N2O6S4-2. The molecule has 2 rings (SSSR count). The summed E-state index contributed by atoms with van der Waals surface area (Å²) in [7, 11) is -7.41. The number of rotatable bonds is 9. The van der Waals surface area contributed by atoms with Crippen molar-refractivity contribution in [3.63, 3.8) is 0 Å². The second kappa shape index (κ2) is 10.4. The molecule has 2 amide bonds. The predicted molar refractivity (Wildman–Crippen MR) is 118 cm³/mol. The molecule has 2 aromatic rings. The number of hydrogen-bond acceptors (Lipinski definition) is 8. The van der Waals surface area contributed by atoms with Crippen molar-refractivity contribution in [3.8, 4) is 0 Å². The molecule has 0 saturated carbocycles. The Morgan fingerprint density at radius 1 is 0.700 bits per heavy atom. The van der Waals surface area contributed by atoms with Gasteiger partial charge in [-0.2, -0.15) is 0 Å². The van der Waals surface area contributed by atoms with Crippen LogP contribution in [0.25, 0.3) is 0 Å². The number of benzene rings is 2. The van der Waals surface area contributed by atoms with Crippen LogP contribution in [0.2, 0.25) is 0 Å². The smallest absolute Gasteiger partial charge is 0.224 e. The molecule has 2 atom stereocenters. The van der Waals surface area contributed by atoms with Gasteiger partial charge in [0.15, 0.2) is 0 Å². The van der Waals surface area contributed by atoms with Crippen molar-refractivity contribution in [3.05, 3.63) is 48.5 Å². The first kappa shape index (κ1) is 24.3. The number of carbonyl (C=O) groups excluding carboxylic acids is 2. The molecule has 8 nitrogen and oxygen atoms in total. The zero-order chi connectivity index (χ0) is 22.4. The number of amides is 2. The maximum Gasteiger partial charge on any atom is 0.224 e. The van der Waals surface area contributed by atoms with Gasteiger partial charge in [-0.05, 0) is 101 Å². The fourth-order valence-electron chi connectivity index (χ4n) is 2.43. The molecule has 0 spiro atoms. The first-order chi connectivity index (χ1) is 13.9. The number of hydrogen-bond donors (Lipinski definition) is 2. The number of nitrogens with one attached hydrogen (secondary N) is 2. The number of anilines is 2. The van der Waals surface area contributed by atoms with Crippen molar-refractivity contribution in [2.75, 3.05) is 10.6 Å². The van der Waals surface area contributed by atoms with Crippen LogP contribution in [0, 0.1) is 0 Å². The van der Waals surface area contributed by atoms with E-state index in [0.717, 1.165) is 0 Å². The lowest BCUT2D eigenvalue weighted by atomic mass is 10.1. The average Bonchev–Trinajstić information content (AvgIpc) is 2.65. The monoisotopic (exact) mass is 486 g/mol. The Balaban J connectivity index is 1.71. The molecule has 0 bridgehead atoms. The Labute approximate surface area is 184 Å². The predicted octanol–water partition coefficient (Wildman–Crippen LogP) is 2.30. The molecule has 0 fully saturated rings. The van der Waals surface area contributed by atoms with Crippen LogP contribution in [0.5, 0.6) is 0 Å². The highest BCUT2D eigenvalue weighted by atomic mass is 32.8. The van der Waals surface area contributed by atoms with Crippen molar-refractivity contribution in [2.45, 2.75) is 35.5 Å². The standard InChI is InChI=1S/C18H20N2O6S4/c21-17(19-13-5-9-15(10-6-13)29(23,24)27)3-1-2-4-18(22)20-14-7-11-16(12-8-14)30(25,26)28/h5-12H,1-4H2,(H,19,21)(H,20,22)(H,23,24,27)(H,25,26,28)/p-2. The van der Waals surface area contributed by atoms with Gasteiger partial charge in [-0.25, -0.2) is 0 Å². The van der Waals surface area contributed by atoms with Crippen molar-refractivity contribution in [1.82, 2.24) is 0 Å². The minimum atomic E-state index is -3.70. The summed E-state index contributed by atoms with van der Waals surface area (Å²) < 4.78 is 44.9. The fourth-order valence-corrected chi connectivity index (χ4v) is 4.03. The van der Waals surface area contributed by atoms with E-state index in [1.807, 2.05) is 0 Å². The van der Waals surface area contributed by atoms with E-state index in [1.165, 1.54) is 48.5 Å². The van der Waals surface area contributed by atoms with Gasteiger partial charge in [-0.3, -0.25) is 18.0 Å². The molecule has 0 saturated heterocycles. The average molecular weight is 487 g/mol. The van der Waals surface area contributed by atoms with E-state index in [4.69, 9.17) is 0 Å². The van der Waals surface area contributed by atoms with Crippen LogP contribution in [-0.2, 0) is 49.5 Å². The molecule has 0 aliphatic carbocycles. The van der Waals surface area contributed by atoms with Gasteiger partial charge in [-0.1, -0.05) is 0 Å². The van der Waals surface area contributed by atoms with E-state index >= 15 is 0 Å². The van der Waals surface area contributed by atoms with E-state index < -0.39 is 17.5 Å². The summed E-state index contributed by atoms with van der Waals surface area (Å²) in [5, 5.41) is 5.28. The lowest BCUT2D eigenvalue weighted by Crippen LogP contribution is -2.13. The van der Waals surface area contributed by atoms with Gasteiger partial charge in [0.05, 0.1) is 0 Å². The second-order valence-electron chi connectivity index (χ2n) is 6.26. The summed E-state index contributed by atoms with van der Waals surface area (Å²) >= 11 is 8.72. The van der Waals surface area contributed by atoms with Crippen LogP contribution in [0.1, 0.15) is 25.7 Å². The Hall–Kier alpha value is -1.96. The maximum atomic E-state index is 11.9. The van der Waals surface area contributed by atoms with Crippen LogP contribution in [-0.4, -0.2) is 29.3 Å². The molecular weight excluding hydrogens is 468 g/mol. The van der Waals surface area contributed by atoms with E-state index in [-0.39, 0.29) is 34.4 Å². The summed E-state index contributed by atoms with van der Waals surface area (Å²) in [5.74, 6) is -0.518. The third kappa shape index (κ3) is 8.05. The van der Waals surface area contributed by atoms with Crippen molar-refractivity contribution < 1.29 is 27.1 Å². The van der Waals surface area contributed by atoms with Crippen LogP contribution < -0.4 is 10.6 Å². The zero-order valence-electron chi connectivity index (χ0n) is 15.5. The van der Waals surface area contributed by atoms with E-state index in [1.54, 1.807) is 0 Å². The molecule has 0 radical (unpaired) electrons. The normalized spacial score (nSPS) is 14.9. The minimum absolute atomic E-state index is 0.0121. The topological polar surface area (TPSA) is 138 Å². The fraction of sp³-hybridized carbons (Fsp3) is 0.222. The molecule has 162 valence electrons. The molecule has 2 N–H and O–H groups in total. The molecule has 0 aromatic heterocycles. The highest BCUT2D eigenvalue weighted by Gasteiger charge is 2.07. The summed E-state index contributed by atoms with van der Waals surface area (Å²) in [6, 6.07) is 11.1. The first-order valence-electron chi connectivity index (χ1n) is 8.67. The lowest BCUT2D eigenvalue weighted by molar-refractivity contribution is -0.118. The van der Waals surface area contributed by atoms with Crippen LogP contribution in [0.3, 0.4) is 0 Å². The van der Waals surface area contributed by atoms with Gasteiger partial charge in [0.2, 0.25) is 11.8 Å². The highest BCUT2D eigenvalue weighted by Crippen LogP contribution is 2.16. The van der Waals surface area contributed by atoms with E-state index in [0.29, 0.717) is 24.2 Å². The first-order valence-corrected chi connectivity index (χ1v) is 13.5.